The topological polar surface area (TPSA) is 119 Å². The molecular weight excluding hydrogens is 216 g/mol. The van der Waals surface area contributed by atoms with Crippen molar-refractivity contribution in [2.45, 2.75) is 18.9 Å². The highest BCUT2D eigenvalue weighted by Gasteiger charge is 2.16. The first kappa shape index (κ1) is 16.8. The van der Waals surface area contributed by atoms with E-state index in [-0.39, 0.29) is 0 Å². The predicted octanol–water partition coefficient (Wildman–Crippen LogP) is -2.14. The van der Waals surface area contributed by atoms with E-state index in [1.165, 1.54) is 0 Å². The molecule has 0 saturated heterocycles. The van der Waals surface area contributed by atoms with Crippen molar-refractivity contribution < 1.29 is 0 Å². The van der Waals surface area contributed by atoms with Gasteiger partial charge in [0.15, 0.2) is 0 Å². The van der Waals surface area contributed by atoms with Crippen LogP contribution in [0.3, 0.4) is 0 Å². The van der Waals surface area contributed by atoms with E-state index in [0.29, 0.717) is 25.7 Å². The molecular formula is C11H30N6. The quantitative estimate of drug-likeness (QED) is 0.251. The van der Waals surface area contributed by atoms with Crippen molar-refractivity contribution in [2.75, 3.05) is 52.4 Å². The van der Waals surface area contributed by atoms with Gasteiger partial charge in [0.25, 0.3) is 0 Å². The van der Waals surface area contributed by atoms with E-state index in [4.69, 9.17) is 22.9 Å². The summed E-state index contributed by atoms with van der Waals surface area (Å²) in [5, 5.41) is 3.35. The molecule has 0 rings (SSSR count). The van der Waals surface area contributed by atoms with Gasteiger partial charge in [-0.25, -0.2) is 0 Å². The van der Waals surface area contributed by atoms with Gasteiger partial charge in [-0.05, 0) is 19.4 Å². The van der Waals surface area contributed by atoms with Gasteiger partial charge < -0.3 is 28.3 Å². The highest BCUT2D eigenvalue weighted by atomic mass is 15.2. The number of hydrogen-bond acceptors (Lipinski definition) is 6. The van der Waals surface area contributed by atoms with Crippen LogP contribution < -0.4 is 28.3 Å². The lowest BCUT2D eigenvalue weighted by molar-refractivity contribution is 0.190. The lowest BCUT2D eigenvalue weighted by atomic mass is 10.1. The molecule has 0 saturated carbocycles. The Morgan fingerprint density at radius 3 is 2.00 bits per heavy atom. The van der Waals surface area contributed by atoms with Crippen LogP contribution in [0, 0.1) is 0 Å². The molecule has 0 unspecified atom stereocenters. The summed E-state index contributed by atoms with van der Waals surface area (Å²) in [6.07, 6.45) is 2.11. The third kappa shape index (κ3) is 8.48. The minimum atomic E-state index is 0.456. The SMILES string of the molecule is NCCC[C@H](CNCCN)N(CCN)CCN. The van der Waals surface area contributed by atoms with Crippen molar-refractivity contribution in [3.05, 3.63) is 0 Å². The van der Waals surface area contributed by atoms with Gasteiger partial charge >= 0.3 is 0 Å². The van der Waals surface area contributed by atoms with Crippen molar-refractivity contribution in [1.82, 2.24) is 10.2 Å². The minimum absolute atomic E-state index is 0.456. The van der Waals surface area contributed by atoms with Crippen molar-refractivity contribution in [2.24, 2.45) is 22.9 Å². The lowest BCUT2D eigenvalue weighted by Gasteiger charge is -2.31. The van der Waals surface area contributed by atoms with Crippen LogP contribution in [0.5, 0.6) is 0 Å². The largest absolute Gasteiger partial charge is 0.330 e. The molecule has 0 aromatic rings. The minimum Gasteiger partial charge on any atom is -0.330 e. The van der Waals surface area contributed by atoms with Crippen LogP contribution >= 0.6 is 0 Å². The Morgan fingerprint density at radius 1 is 0.882 bits per heavy atom. The van der Waals surface area contributed by atoms with Crippen molar-refractivity contribution in [1.29, 1.82) is 0 Å². The zero-order chi connectivity index (χ0) is 12.9. The second-order valence-electron chi connectivity index (χ2n) is 4.19. The highest BCUT2D eigenvalue weighted by Crippen LogP contribution is 2.05. The zero-order valence-electron chi connectivity index (χ0n) is 10.9. The van der Waals surface area contributed by atoms with Crippen LogP contribution in [0.2, 0.25) is 0 Å². The average molecular weight is 246 g/mol. The molecule has 1 atom stereocenters. The molecule has 0 amide bonds. The number of nitrogens with two attached hydrogens (primary N) is 4. The van der Waals surface area contributed by atoms with Gasteiger partial charge in [-0.2, -0.15) is 0 Å². The number of nitrogens with zero attached hydrogens (tertiary/aromatic N) is 1. The van der Waals surface area contributed by atoms with Crippen LogP contribution in [0.4, 0.5) is 0 Å². The summed E-state index contributed by atoms with van der Waals surface area (Å²) in [5.74, 6) is 0. The molecule has 6 nitrogen and oxygen atoms in total. The Kier molecular flexibility index (Phi) is 12.1. The molecule has 0 fully saturated rings. The van der Waals surface area contributed by atoms with E-state index in [9.17, 15) is 0 Å². The van der Waals surface area contributed by atoms with E-state index in [2.05, 4.69) is 10.2 Å². The molecule has 0 heterocycles. The van der Waals surface area contributed by atoms with Crippen molar-refractivity contribution >= 4 is 0 Å². The van der Waals surface area contributed by atoms with Crippen LogP contribution in [0.15, 0.2) is 0 Å². The van der Waals surface area contributed by atoms with Gasteiger partial charge in [0.05, 0.1) is 0 Å². The van der Waals surface area contributed by atoms with E-state index >= 15 is 0 Å². The molecule has 0 aliphatic rings. The predicted molar refractivity (Wildman–Crippen MR) is 73.7 cm³/mol. The molecule has 104 valence electrons. The summed E-state index contributed by atoms with van der Waals surface area (Å²) in [6, 6.07) is 0.456. The van der Waals surface area contributed by atoms with E-state index in [1.54, 1.807) is 0 Å². The third-order valence-corrected chi connectivity index (χ3v) is 2.79. The normalized spacial score (nSPS) is 13.2. The lowest BCUT2D eigenvalue weighted by Crippen LogP contribution is -2.47. The highest BCUT2D eigenvalue weighted by molar-refractivity contribution is 4.75. The second-order valence-corrected chi connectivity index (χ2v) is 4.19. The summed E-state index contributed by atoms with van der Waals surface area (Å²) in [5.41, 5.74) is 22.3. The first-order valence-corrected chi connectivity index (χ1v) is 6.55. The smallest absolute Gasteiger partial charge is 0.0222 e. The molecule has 0 bridgehead atoms. The summed E-state index contributed by atoms with van der Waals surface area (Å²) < 4.78 is 0. The maximum atomic E-state index is 5.63. The first-order valence-electron chi connectivity index (χ1n) is 6.55. The number of hydrogen-bond donors (Lipinski definition) is 5. The van der Waals surface area contributed by atoms with E-state index in [1.807, 2.05) is 0 Å². The fourth-order valence-electron chi connectivity index (χ4n) is 1.95. The molecule has 6 heteroatoms. The summed E-state index contributed by atoms with van der Waals surface area (Å²) in [4.78, 5) is 2.35. The van der Waals surface area contributed by atoms with Gasteiger partial charge in [0.2, 0.25) is 0 Å². The summed E-state index contributed by atoms with van der Waals surface area (Å²) in [7, 11) is 0. The van der Waals surface area contributed by atoms with Gasteiger partial charge in [0.1, 0.15) is 0 Å². The van der Waals surface area contributed by atoms with Crippen LogP contribution in [-0.2, 0) is 0 Å². The Morgan fingerprint density at radius 2 is 1.53 bits per heavy atom. The fraction of sp³-hybridized carbons (Fsp3) is 1.00. The van der Waals surface area contributed by atoms with E-state index in [0.717, 1.165) is 45.6 Å². The van der Waals surface area contributed by atoms with Gasteiger partial charge in [-0.3, -0.25) is 4.90 Å². The Labute approximate surface area is 105 Å². The molecule has 0 aliphatic heterocycles. The van der Waals surface area contributed by atoms with Crippen LogP contribution in [0.1, 0.15) is 12.8 Å². The monoisotopic (exact) mass is 246 g/mol. The number of rotatable bonds is 12. The van der Waals surface area contributed by atoms with Crippen molar-refractivity contribution in [3.63, 3.8) is 0 Å². The Bertz CT molecular complexity index is 149. The molecule has 9 N–H and O–H groups in total. The molecule has 0 aromatic carbocycles. The van der Waals surface area contributed by atoms with E-state index < -0.39 is 0 Å². The first-order chi connectivity index (χ1) is 8.29. The zero-order valence-corrected chi connectivity index (χ0v) is 10.9. The van der Waals surface area contributed by atoms with Gasteiger partial charge in [0, 0.05) is 51.9 Å². The third-order valence-electron chi connectivity index (χ3n) is 2.79. The van der Waals surface area contributed by atoms with Crippen LogP contribution in [-0.4, -0.2) is 63.3 Å². The molecule has 0 aromatic heterocycles. The Balaban J connectivity index is 4.15. The molecule has 0 aliphatic carbocycles. The fourth-order valence-corrected chi connectivity index (χ4v) is 1.95. The average Bonchev–Trinajstić information content (AvgIpc) is 2.33. The molecule has 17 heavy (non-hydrogen) atoms. The molecule has 0 spiro atoms. The standard InChI is InChI=1S/C11H30N6/c12-3-1-2-11(10-16-7-4-13)17(8-5-14)9-6-15/h11,16H,1-10,12-15H2/t11-/m1/s1. The maximum absolute atomic E-state index is 5.63. The van der Waals surface area contributed by atoms with Gasteiger partial charge in [-0.15, -0.1) is 0 Å². The summed E-state index contributed by atoms with van der Waals surface area (Å²) in [6.45, 7) is 6.26. The van der Waals surface area contributed by atoms with Gasteiger partial charge in [-0.1, -0.05) is 0 Å². The Hall–Kier alpha value is -0.240. The maximum Gasteiger partial charge on any atom is 0.0222 e. The number of nitrogens with one attached hydrogen (secondary N) is 1. The second kappa shape index (κ2) is 12.2. The van der Waals surface area contributed by atoms with Crippen LogP contribution in [0.25, 0.3) is 0 Å². The van der Waals surface area contributed by atoms with Crippen molar-refractivity contribution in [3.8, 4) is 0 Å². The summed E-state index contributed by atoms with van der Waals surface area (Å²) >= 11 is 0. The molecule has 0 radical (unpaired) electrons.